The third-order valence-corrected chi connectivity index (χ3v) is 3.58. The molecule has 0 bridgehead atoms. The van der Waals surface area contributed by atoms with Crippen LogP contribution in [0.15, 0.2) is 0 Å². The summed E-state index contributed by atoms with van der Waals surface area (Å²) in [7, 11) is -3.47. The van der Waals surface area contributed by atoms with Gasteiger partial charge in [0, 0.05) is 0 Å². The number of hydrogen-bond donors (Lipinski definition) is 2. The number of rotatable bonds is 5. The number of unbranched alkanes of at least 4 members (excludes halogenated alkanes) is 1. The summed E-state index contributed by atoms with van der Waals surface area (Å²) in [5.74, 6) is -0.570. The van der Waals surface area contributed by atoms with E-state index < -0.39 is 21.5 Å². The Labute approximate surface area is 84.1 Å². The Balaban J connectivity index is 2.46. The first-order chi connectivity index (χ1) is 6.40. The molecule has 0 heterocycles. The number of nitrogens with two attached hydrogens (primary N) is 1. The quantitative estimate of drug-likeness (QED) is 0.667. The number of nitrogens with one attached hydrogen (secondary N) is 1. The van der Waals surface area contributed by atoms with E-state index in [0.29, 0.717) is 19.3 Å². The monoisotopic (exact) mass is 220 g/mol. The standard InChI is InChI=1S/C8H16N2O3S/c1-2-3-6-14(12,13)10-7(11)8(9)4-5-8/h2-6,9H2,1H3,(H,10,11). The van der Waals surface area contributed by atoms with Crippen molar-refractivity contribution >= 4 is 15.9 Å². The molecule has 3 N–H and O–H groups in total. The number of carbonyl (C=O) groups is 1. The van der Waals surface area contributed by atoms with Gasteiger partial charge in [0.1, 0.15) is 0 Å². The van der Waals surface area contributed by atoms with Crippen molar-refractivity contribution < 1.29 is 13.2 Å². The Hall–Kier alpha value is -0.620. The van der Waals surface area contributed by atoms with Gasteiger partial charge < -0.3 is 5.73 Å². The van der Waals surface area contributed by atoms with Gasteiger partial charge in [-0.15, -0.1) is 0 Å². The van der Waals surface area contributed by atoms with Crippen LogP contribution in [0.4, 0.5) is 0 Å². The predicted molar refractivity (Wildman–Crippen MR) is 53.0 cm³/mol. The van der Waals surface area contributed by atoms with Gasteiger partial charge in [-0.05, 0) is 19.3 Å². The molecule has 0 radical (unpaired) electrons. The molecule has 0 aromatic rings. The second-order valence-electron chi connectivity index (χ2n) is 3.76. The lowest BCUT2D eigenvalue weighted by atomic mass is 10.3. The van der Waals surface area contributed by atoms with Gasteiger partial charge in [0.05, 0.1) is 11.3 Å². The van der Waals surface area contributed by atoms with Crippen LogP contribution in [-0.4, -0.2) is 25.6 Å². The Morgan fingerprint density at radius 2 is 2.07 bits per heavy atom. The average molecular weight is 220 g/mol. The van der Waals surface area contributed by atoms with Crippen molar-refractivity contribution in [3.05, 3.63) is 0 Å². The third-order valence-electron chi connectivity index (χ3n) is 2.26. The van der Waals surface area contributed by atoms with E-state index in [9.17, 15) is 13.2 Å². The highest BCUT2D eigenvalue weighted by molar-refractivity contribution is 7.90. The number of hydrogen-bond acceptors (Lipinski definition) is 4. The zero-order chi connectivity index (χ0) is 10.8. The summed E-state index contributed by atoms with van der Waals surface area (Å²) in [5.41, 5.74) is 4.63. The minimum absolute atomic E-state index is 0.00861. The first-order valence-electron chi connectivity index (χ1n) is 4.73. The van der Waals surface area contributed by atoms with Crippen LogP contribution in [0.3, 0.4) is 0 Å². The molecular weight excluding hydrogens is 204 g/mol. The van der Waals surface area contributed by atoms with Crippen LogP contribution in [0.25, 0.3) is 0 Å². The molecule has 1 rings (SSSR count). The molecule has 0 unspecified atom stereocenters. The zero-order valence-electron chi connectivity index (χ0n) is 8.25. The maximum atomic E-state index is 11.3. The topological polar surface area (TPSA) is 89.3 Å². The molecule has 0 saturated heterocycles. The summed E-state index contributed by atoms with van der Waals surface area (Å²) in [6.07, 6.45) is 2.48. The van der Waals surface area contributed by atoms with Crippen molar-refractivity contribution in [1.82, 2.24) is 4.72 Å². The second-order valence-corrected chi connectivity index (χ2v) is 5.60. The molecular formula is C8H16N2O3S. The maximum absolute atomic E-state index is 11.3. The molecule has 14 heavy (non-hydrogen) atoms. The molecule has 1 aliphatic rings. The van der Waals surface area contributed by atoms with Crippen LogP contribution in [0.1, 0.15) is 32.6 Å². The Bertz CT molecular complexity index is 319. The minimum atomic E-state index is -3.47. The molecule has 0 spiro atoms. The van der Waals surface area contributed by atoms with Crippen LogP contribution in [-0.2, 0) is 14.8 Å². The summed E-state index contributed by atoms with van der Waals surface area (Å²) in [5, 5.41) is 0. The van der Waals surface area contributed by atoms with Gasteiger partial charge in [-0.3, -0.25) is 9.52 Å². The predicted octanol–water partition coefficient (Wildman–Crippen LogP) is -0.276. The highest BCUT2D eigenvalue weighted by Crippen LogP contribution is 2.32. The smallest absolute Gasteiger partial charge is 0.253 e. The van der Waals surface area contributed by atoms with E-state index in [-0.39, 0.29) is 5.75 Å². The molecule has 1 saturated carbocycles. The molecule has 0 aromatic heterocycles. The fourth-order valence-electron chi connectivity index (χ4n) is 0.990. The van der Waals surface area contributed by atoms with E-state index in [4.69, 9.17) is 5.73 Å². The summed E-state index contributed by atoms with van der Waals surface area (Å²) < 4.78 is 24.6. The van der Waals surface area contributed by atoms with Gasteiger partial charge >= 0.3 is 0 Å². The van der Waals surface area contributed by atoms with E-state index in [1.807, 2.05) is 11.6 Å². The molecule has 0 aliphatic heterocycles. The van der Waals surface area contributed by atoms with Crippen LogP contribution < -0.4 is 10.5 Å². The lowest BCUT2D eigenvalue weighted by molar-refractivity contribution is -0.121. The van der Waals surface area contributed by atoms with Gasteiger partial charge in [0.2, 0.25) is 10.0 Å². The lowest BCUT2D eigenvalue weighted by Crippen LogP contribution is -2.45. The minimum Gasteiger partial charge on any atom is -0.317 e. The van der Waals surface area contributed by atoms with E-state index in [1.165, 1.54) is 0 Å². The van der Waals surface area contributed by atoms with Crippen LogP contribution in [0.5, 0.6) is 0 Å². The van der Waals surface area contributed by atoms with Crippen molar-refractivity contribution in [1.29, 1.82) is 0 Å². The molecule has 6 heteroatoms. The fourth-order valence-corrected chi connectivity index (χ4v) is 2.25. The Morgan fingerprint density at radius 3 is 2.50 bits per heavy atom. The highest BCUT2D eigenvalue weighted by atomic mass is 32.2. The second kappa shape index (κ2) is 3.86. The summed E-state index contributed by atoms with van der Waals surface area (Å²) in [6, 6.07) is 0. The van der Waals surface area contributed by atoms with Crippen molar-refractivity contribution in [2.45, 2.75) is 38.1 Å². The molecule has 0 atom stereocenters. The molecule has 1 aliphatic carbocycles. The zero-order valence-corrected chi connectivity index (χ0v) is 9.06. The molecule has 1 fully saturated rings. The molecule has 82 valence electrons. The average Bonchev–Trinajstić information content (AvgIpc) is 2.81. The molecule has 1 amide bonds. The van der Waals surface area contributed by atoms with Crippen LogP contribution >= 0.6 is 0 Å². The van der Waals surface area contributed by atoms with E-state index >= 15 is 0 Å². The largest absolute Gasteiger partial charge is 0.317 e. The van der Waals surface area contributed by atoms with E-state index in [2.05, 4.69) is 0 Å². The van der Waals surface area contributed by atoms with Gasteiger partial charge in [-0.2, -0.15) is 0 Å². The number of carbonyl (C=O) groups excluding carboxylic acids is 1. The van der Waals surface area contributed by atoms with Gasteiger partial charge in [-0.25, -0.2) is 8.42 Å². The maximum Gasteiger partial charge on any atom is 0.253 e. The van der Waals surface area contributed by atoms with Crippen LogP contribution in [0.2, 0.25) is 0 Å². The van der Waals surface area contributed by atoms with E-state index in [1.54, 1.807) is 0 Å². The highest BCUT2D eigenvalue weighted by Gasteiger charge is 2.47. The van der Waals surface area contributed by atoms with Gasteiger partial charge in [-0.1, -0.05) is 13.3 Å². The first-order valence-corrected chi connectivity index (χ1v) is 6.39. The van der Waals surface area contributed by atoms with Crippen molar-refractivity contribution in [3.8, 4) is 0 Å². The normalized spacial score (nSPS) is 19.0. The fraction of sp³-hybridized carbons (Fsp3) is 0.875. The Kier molecular flexibility index (Phi) is 3.16. The summed E-state index contributed by atoms with van der Waals surface area (Å²) in [4.78, 5) is 11.3. The van der Waals surface area contributed by atoms with Gasteiger partial charge in [0.25, 0.3) is 5.91 Å². The van der Waals surface area contributed by atoms with Crippen LogP contribution in [0, 0.1) is 0 Å². The lowest BCUT2D eigenvalue weighted by Gasteiger charge is -2.10. The van der Waals surface area contributed by atoms with Gasteiger partial charge in [0.15, 0.2) is 0 Å². The van der Waals surface area contributed by atoms with Crippen molar-refractivity contribution in [2.75, 3.05) is 5.75 Å². The first kappa shape index (κ1) is 11.5. The number of amides is 1. The van der Waals surface area contributed by atoms with Crippen molar-refractivity contribution in [3.63, 3.8) is 0 Å². The van der Waals surface area contributed by atoms with Crippen molar-refractivity contribution in [2.24, 2.45) is 5.73 Å². The number of sulfonamides is 1. The SMILES string of the molecule is CCCCS(=O)(=O)NC(=O)C1(N)CC1. The summed E-state index contributed by atoms with van der Waals surface area (Å²) in [6.45, 7) is 1.89. The Morgan fingerprint density at radius 1 is 1.50 bits per heavy atom. The summed E-state index contributed by atoms with van der Waals surface area (Å²) >= 11 is 0. The molecule has 5 nitrogen and oxygen atoms in total. The third kappa shape index (κ3) is 2.95. The molecule has 0 aromatic carbocycles. The van der Waals surface area contributed by atoms with E-state index in [0.717, 1.165) is 6.42 Å².